The SMILES string of the molecule is OC(COCCF)COC[C-](F)F.OCC(O)(F)F.[Rf].[Rf]. The van der Waals surface area contributed by atoms with Crippen molar-refractivity contribution in [3.05, 3.63) is 6.43 Å². The van der Waals surface area contributed by atoms with Crippen LogP contribution >= 0.6 is 0 Å². The molecule has 0 spiro atoms. The molecule has 0 bridgehead atoms. The Kier molecular flexibility index (Phi) is 19.9. The van der Waals surface area contributed by atoms with Gasteiger partial charge >= 0.3 is 6.11 Å². The second-order valence-corrected chi connectivity index (χ2v) is 3.10. The van der Waals surface area contributed by atoms with Gasteiger partial charge in [0.25, 0.3) is 0 Å². The fraction of sp³-hybridized carbons (Fsp3) is 0.889. The molecule has 0 aliphatic rings. The zero-order chi connectivity index (χ0) is 15.3. The Labute approximate surface area is 106 Å². The third-order valence-electron chi connectivity index (χ3n) is 1.24. The minimum Gasteiger partial charge on any atom is -0.419 e. The quantitative estimate of drug-likeness (QED) is 0.178. The maximum absolute atomic E-state index is 11.5. The van der Waals surface area contributed by atoms with Crippen molar-refractivity contribution in [1.82, 2.24) is 0 Å². The third kappa shape index (κ3) is 31.8. The van der Waals surface area contributed by atoms with E-state index in [0.29, 0.717) is 0 Å². The van der Waals surface area contributed by atoms with Gasteiger partial charge in [-0.15, -0.1) is 0 Å². The normalized spacial score (nSPS) is 11.9. The van der Waals surface area contributed by atoms with E-state index in [2.05, 4.69) is 9.47 Å². The smallest absolute Gasteiger partial charge is 0.376 e. The molecule has 3 N–H and O–H groups in total. The Morgan fingerprint density at radius 2 is 1.52 bits per heavy atom. The van der Waals surface area contributed by atoms with Gasteiger partial charge in [0.05, 0.1) is 19.8 Å². The van der Waals surface area contributed by atoms with E-state index in [1.54, 1.807) is 0 Å². The largest absolute Gasteiger partial charge is 0.419 e. The molecule has 0 aliphatic heterocycles. The van der Waals surface area contributed by atoms with Crippen LogP contribution in [0, 0.1) is 6.43 Å². The predicted molar refractivity (Wildman–Crippen MR) is 53.3 cm³/mol. The van der Waals surface area contributed by atoms with Crippen LogP contribution in [0.2, 0.25) is 0 Å². The van der Waals surface area contributed by atoms with Crippen LogP contribution in [0.15, 0.2) is 0 Å². The van der Waals surface area contributed by atoms with Gasteiger partial charge in [-0.1, -0.05) is 0 Å². The molecule has 0 saturated heterocycles. The summed E-state index contributed by atoms with van der Waals surface area (Å²) in [5, 5.41) is 23.6. The molecule has 0 aromatic heterocycles. The van der Waals surface area contributed by atoms with Crippen LogP contribution in [0.25, 0.3) is 0 Å². The van der Waals surface area contributed by atoms with Crippen LogP contribution in [0.5, 0.6) is 0 Å². The summed E-state index contributed by atoms with van der Waals surface area (Å²) in [5.74, 6) is 0. The first-order valence-corrected chi connectivity index (χ1v) is 5.00. The van der Waals surface area contributed by atoms with Crippen LogP contribution < -0.4 is 0 Å². The van der Waals surface area contributed by atoms with Crippen molar-refractivity contribution in [3.8, 4) is 0 Å². The van der Waals surface area contributed by atoms with E-state index in [1.807, 2.05) is 0 Å². The van der Waals surface area contributed by atoms with E-state index in [9.17, 15) is 22.0 Å². The number of halogens is 5. The van der Waals surface area contributed by atoms with Crippen LogP contribution in [0.4, 0.5) is 22.0 Å². The second-order valence-electron chi connectivity index (χ2n) is 3.10. The molecule has 122 valence electrons. The zero-order valence-electron chi connectivity index (χ0n) is 11.3. The maximum atomic E-state index is 11.5. The summed E-state index contributed by atoms with van der Waals surface area (Å²) < 4.78 is 64.8. The van der Waals surface area contributed by atoms with Crippen LogP contribution in [0.3, 0.4) is 0 Å². The summed E-state index contributed by atoms with van der Waals surface area (Å²) in [7, 11) is 0. The molecule has 0 aromatic rings. The molecule has 0 saturated carbocycles. The van der Waals surface area contributed by atoms with Gasteiger partial charge in [-0.3, -0.25) is 0 Å². The zero-order valence-corrected chi connectivity index (χ0v) is 24.1. The molecule has 12 heteroatoms. The molecule has 0 aromatic carbocycles. The van der Waals surface area contributed by atoms with Crippen LogP contribution in [-0.4, -0.2) is 67.2 Å². The summed E-state index contributed by atoms with van der Waals surface area (Å²) >= 11 is 0. The first-order valence-electron chi connectivity index (χ1n) is 5.00. The fourth-order valence-corrected chi connectivity index (χ4v) is 0.594. The molecular formula is C9H16F5O5Rf2-. The minimum absolute atomic E-state index is 0. The van der Waals surface area contributed by atoms with E-state index < -0.39 is 38.5 Å². The van der Waals surface area contributed by atoms with Crippen molar-refractivity contribution in [2.75, 3.05) is 39.7 Å². The molecule has 0 heterocycles. The number of hydrogen-bond donors (Lipinski definition) is 3. The van der Waals surface area contributed by atoms with Gasteiger partial charge in [0, 0.05) is 6.43 Å². The van der Waals surface area contributed by atoms with E-state index in [-0.39, 0.29) is 19.8 Å². The van der Waals surface area contributed by atoms with Gasteiger partial charge < -0.3 is 33.6 Å². The van der Waals surface area contributed by atoms with Crippen LogP contribution in [0.1, 0.15) is 0 Å². The fourth-order valence-electron chi connectivity index (χ4n) is 0.594. The Balaban J connectivity index is -0.000000156. The molecule has 0 fully saturated rings. The molecule has 0 radical (unpaired) electrons. The first-order chi connectivity index (χ1) is 8.72. The monoisotopic (exact) mass is 833 g/mol. The molecule has 1 unspecified atom stereocenters. The van der Waals surface area contributed by atoms with Crippen molar-refractivity contribution in [1.29, 1.82) is 0 Å². The Morgan fingerprint density at radius 3 is 1.86 bits per heavy atom. The molecule has 0 rings (SSSR count). The van der Waals surface area contributed by atoms with E-state index >= 15 is 0 Å². The van der Waals surface area contributed by atoms with Crippen molar-refractivity contribution >= 4 is 0 Å². The molecule has 0 aliphatic carbocycles. The Hall–Kier alpha value is -2.55. The molecule has 0 amide bonds. The average Bonchev–Trinajstić information content (AvgIpc) is 2.29. The molecular weight excluding hydrogens is 817 g/mol. The summed E-state index contributed by atoms with van der Waals surface area (Å²) in [6.45, 7) is -3.41. The summed E-state index contributed by atoms with van der Waals surface area (Å²) in [5.41, 5.74) is 0. The van der Waals surface area contributed by atoms with Crippen molar-refractivity contribution in [2.24, 2.45) is 0 Å². The number of rotatable bonds is 9. The summed E-state index contributed by atoms with van der Waals surface area (Å²) in [4.78, 5) is 0. The minimum atomic E-state index is -3.90. The topological polar surface area (TPSA) is 79.2 Å². The maximum Gasteiger partial charge on any atom is 0.376 e. The van der Waals surface area contributed by atoms with Gasteiger partial charge in [-0.25, -0.2) is 4.39 Å². The molecule has 1 atom stereocenters. The van der Waals surface area contributed by atoms with E-state index in [0.717, 1.165) is 0 Å². The standard InChI is InChI=1S/C7H12F3O3.C2H4F2O2.2Rf/c8-1-2-12-3-6(11)4-13-5-7(9)10;3-2(4,6)1-5;;/h6,11H,1-5H2;5-6H,1H2;;/q-1;;;. The van der Waals surface area contributed by atoms with E-state index in [1.165, 1.54) is 0 Å². The Morgan fingerprint density at radius 1 is 1.10 bits per heavy atom. The van der Waals surface area contributed by atoms with Gasteiger partial charge in [0.2, 0.25) is 0 Å². The number of aliphatic hydroxyl groups excluding tert-OH is 2. The van der Waals surface area contributed by atoms with Gasteiger partial charge in [-0.05, 0) is 6.61 Å². The van der Waals surface area contributed by atoms with Crippen LogP contribution in [-0.2, 0) is 9.47 Å². The summed E-state index contributed by atoms with van der Waals surface area (Å²) in [6.07, 6.45) is -6.75. The van der Waals surface area contributed by atoms with Crippen molar-refractivity contribution in [2.45, 2.75) is 12.2 Å². The molecule has 5 nitrogen and oxygen atoms in total. The number of ether oxygens (including phenoxy) is 2. The van der Waals surface area contributed by atoms with Gasteiger partial charge in [0.1, 0.15) is 19.4 Å². The number of hydrogen-bond acceptors (Lipinski definition) is 5. The van der Waals surface area contributed by atoms with E-state index in [4.69, 9.17) is 15.3 Å². The first kappa shape index (κ1) is 26.9. The van der Waals surface area contributed by atoms with Crippen molar-refractivity contribution < 1.29 is 46.7 Å². The Bertz CT molecular complexity index is 200. The number of aliphatic hydroxyl groups is 3. The number of alkyl halides is 3. The second kappa shape index (κ2) is 15.5. The van der Waals surface area contributed by atoms with Gasteiger partial charge in [0.15, 0.2) is 0 Å². The predicted octanol–water partition coefficient (Wildman–Crippen LogP) is 0.342. The third-order valence-corrected chi connectivity index (χ3v) is 1.24. The van der Waals surface area contributed by atoms with Gasteiger partial charge in [-0.2, -0.15) is 8.78 Å². The summed E-state index contributed by atoms with van der Waals surface area (Å²) in [6, 6.07) is 0. The van der Waals surface area contributed by atoms with Crippen molar-refractivity contribution in [3.63, 3.8) is 0 Å². The molecule has 21 heavy (non-hydrogen) atoms. The average molecular weight is 833 g/mol.